The van der Waals surface area contributed by atoms with Crippen molar-refractivity contribution in [1.82, 2.24) is 9.21 Å². The largest absolute Gasteiger partial charge is 0.325 e. The molecule has 0 radical (unpaired) electrons. The lowest BCUT2D eigenvalue weighted by Gasteiger charge is -2.33. The number of sulfonamides is 1. The van der Waals surface area contributed by atoms with Crippen LogP contribution in [0.15, 0.2) is 40.6 Å². The SMILES string of the molecule is CC1CCCCN1Cc1ccc(NC(=O)CN(C)S(=O)(=O)c2ccc(Cl)s2)cc1. The van der Waals surface area contributed by atoms with Crippen LogP contribution in [0.1, 0.15) is 31.7 Å². The van der Waals surface area contributed by atoms with Crippen molar-refractivity contribution < 1.29 is 13.2 Å². The molecule has 1 unspecified atom stereocenters. The fourth-order valence-electron chi connectivity index (χ4n) is 3.40. The number of benzene rings is 1. The highest BCUT2D eigenvalue weighted by molar-refractivity contribution is 7.91. The molecular weight excluding hydrogens is 430 g/mol. The number of hydrogen-bond donors (Lipinski definition) is 1. The summed E-state index contributed by atoms with van der Waals surface area (Å²) >= 11 is 6.79. The summed E-state index contributed by atoms with van der Waals surface area (Å²) in [6, 6.07) is 11.3. The average Bonchev–Trinajstić information content (AvgIpc) is 3.12. The number of nitrogens with one attached hydrogen (secondary N) is 1. The summed E-state index contributed by atoms with van der Waals surface area (Å²) in [5.74, 6) is -0.392. The van der Waals surface area contributed by atoms with E-state index in [0.717, 1.165) is 28.7 Å². The van der Waals surface area contributed by atoms with E-state index in [1.807, 2.05) is 24.3 Å². The first-order chi connectivity index (χ1) is 13.8. The number of amides is 1. The van der Waals surface area contributed by atoms with Crippen LogP contribution in [0.25, 0.3) is 0 Å². The Morgan fingerprint density at radius 2 is 1.97 bits per heavy atom. The Kier molecular flexibility index (Phi) is 7.34. The quantitative estimate of drug-likeness (QED) is 0.684. The van der Waals surface area contributed by atoms with E-state index in [1.54, 1.807) is 0 Å². The van der Waals surface area contributed by atoms with E-state index in [0.29, 0.717) is 16.1 Å². The van der Waals surface area contributed by atoms with Gasteiger partial charge in [0.25, 0.3) is 10.0 Å². The second-order valence-corrected chi connectivity index (χ2v) is 11.4. The number of carbonyl (C=O) groups excluding carboxylic acids is 1. The minimum absolute atomic E-state index is 0.120. The predicted molar refractivity (Wildman–Crippen MR) is 118 cm³/mol. The van der Waals surface area contributed by atoms with Crippen LogP contribution < -0.4 is 5.32 Å². The molecule has 1 aliphatic rings. The summed E-state index contributed by atoms with van der Waals surface area (Å²) in [7, 11) is -2.35. The van der Waals surface area contributed by atoms with E-state index < -0.39 is 15.9 Å². The van der Waals surface area contributed by atoms with Crippen LogP contribution in [0.2, 0.25) is 4.34 Å². The molecule has 1 aliphatic heterocycles. The van der Waals surface area contributed by atoms with Crippen molar-refractivity contribution in [2.24, 2.45) is 0 Å². The standard InChI is InChI=1S/C20H26ClN3O3S2/c1-15-5-3-4-12-24(15)13-16-6-8-17(9-7-16)22-19(25)14-23(2)29(26,27)20-11-10-18(21)28-20/h6-11,15H,3-5,12-14H2,1-2H3,(H,22,25). The third-order valence-corrected chi connectivity index (χ3v) is 8.65. The molecule has 1 aromatic heterocycles. The molecule has 1 fully saturated rings. The number of likely N-dealkylation sites (N-methyl/N-ethyl adjacent to an activating group) is 1. The zero-order valence-corrected chi connectivity index (χ0v) is 19.0. The van der Waals surface area contributed by atoms with Gasteiger partial charge in [0.1, 0.15) is 4.21 Å². The zero-order valence-electron chi connectivity index (χ0n) is 16.6. The smallest absolute Gasteiger partial charge is 0.252 e. The minimum atomic E-state index is -3.73. The molecule has 2 heterocycles. The lowest BCUT2D eigenvalue weighted by Crippen LogP contribution is -2.36. The Morgan fingerprint density at radius 3 is 2.59 bits per heavy atom. The van der Waals surface area contributed by atoms with Gasteiger partial charge in [-0.1, -0.05) is 30.2 Å². The van der Waals surface area contributed by atoms with Gasteiger partial charge in [-0.25, -0.2) is 8.42 Å². The third-order valence-electron chi connectivity index (χ3n) is 5.14. The molecule has 1 atom stereocenters. The summed E-state index contributed by atoms with van der Waals surface area (Å²) < 4.78 is 26.5. The molecule has 1 amide bonds. The second-order valence-electron chi connectivity index (χ2n) is 7.38. The van der Waals surface area contributed by atoms with Gasteiger partial charge in [-0.05, 0) is 56.1 Å². The lowest BCUT2D eigenvalue weighted by molar-refractivity contribution is -0.116. The molecule has 158 valence electrons. The number of piperidine rings is 1. The molecule has 3 rings (SSSR count). The third kappa shape index (κ3) is 5.79. The number of thiophene rings is 1. The first-order valence-corrected chi connectivity index (χ1v) is 12.2. The van der Waals surface area contributed by atoms with E-state index in [4.69, 9.17) is 11.6 Å². The van der Waals surface area contributed by atoms with E-state index in [9.17, 15) is 13.2 Å². The Morgan fingerprint density at radius 1 is 1.24 bits per heavy atom. The molecule has 6 nitrogen and oxygen atoms in total. The molecule has 1 aromatic carbocycles. The number of halogens is 1. The van der Waals surface area contributed by atoms with Crippen LogP contribution in [-0.4, -0.2) is 49.7 Å². The number of likely N-dealkylation sites (tertiary alicyclic amines) is 1. The molecule has 9 heteroatoms. The molecule has 1 saturated heterocycles. The van der Waals surface area contributed by atoms with E-state index >= 15 is 0 Å². The van der Waals surface area contributed by atoms with Gasteiger partial charge in [-0.2, -0.15) is 4.31 Å². The minimum Gasteiger partial charge on any atom is -0.325 e. The van der Waals surface area contributed by atoms with Crippen molar-refractivity contribution in [2.45, 2.75) is 43.0 Å². The Labute approximate surface area is 181 Å². The summed E-state index contributed by atoms with van der Waals surface area (Å²) in [4.78, 5) is 14.8. The maximum atomic E-state index is 12.5. The fourth-order valence-corrected chi connectivity index (χ4v) is 6.22. The molecule has 1 N–H and O–H groups in total. The van der Waals surface area contributed by atoms with Gasteiger partial charge < -0.3 is 5.32 Å². The van der Waals surface area contributed by atoms with Gasteiger partial charge in [0.05, 0.1) is 10.9 Å². The normalized spacial score (nSPS) is 18.1. The number of hydrogen-bond acceptors (Lipinski definition) is 5. The van der Waals surface area contributed by atoms with Gasteiger partial charge in [0, 0.05) is 25.3 Å². The molecule has 2 aromatic rings. The number of rotatable bonds is 7. The second kappa shape index (κ2) is 9.57. The monoisotopic (exact) mass is 455 g/mol. The maximum Gasteiger partial charge on any atom is 0.252 e. The van der Waals surface area contributed by atoms with Gasteiger partial charge >= 0.3 is 0 Å². The number of anilines is 1. The van der Waals surface area contributed by atoms with Gasteiger partial charge in [0.2, 0.25) is 5.91 Å². The van der Waals surface area contributed by atoms with Crippen molar-refractivity contribution in [2.75, 3.05) is 25.5 Å². The molecule has 0 aliphatic carbocycles. The van der Waals surface area contributed by atoms with Crippen LogP contribution in [0.5, 0.6) is 0 Å². The molecule has 0 saturated carbocycles. The van der Waals surface area contributed by atoms with Crippen LogP contribution in [-0.2, 0) is 21.4 Å². The lowest BCUT2D eigenvalue weighted by atomic mass is 10.0. The fraction of sp³-hybridized carbons (Fsp3) is 0.450. The summed E-state index contributed by atoms with van der Waals surface area (Å²) in [5.41, 5.74) is 1.85. The van der Waals surface area contributed by atoms with E-state index in [1.165, 1.54) is 44.0 Å². The first-order valence-electron chi connectivity index (χ1n) is 9.60. The Hall–Kier alpha value is -1.45. The highest BCUT2D eigenvalue weighted by atomic mass is 35.5. The van der Waals surface area contributed by atoms with Crippen LogP contribution in [0.3, 0.4) is 0 Å². The van der Waals surface area contributed by atoms with Gasteiger partial charge in [-0.3, -0.25) is 9.69 Å². The van der Waals surface area contributed by atoms with Crippen molar-refractivity contribution in [3.8, 4) is 0 Å². The van der Waals surface area contributed by atoms with Crippen LogP contribution >= 0.6 is 22.9 Å². The van der Waals surface area contributed by atoms with Crippen molar-refractivity contribution in [1.29, 1.82) is 0 Å². The van der Waals surface area contributed by atoms with Gasteiger partial charge in [-0.15, -0.1) is 11.3 Å². The van der Waals surface area contributed by atoms with E-state index in [-0.39, 0.29) is 10.8 Å². The Balaban J connectivity index is 1.55. The van der Waals surface area contributed by atoms with Crippen LogP contribution in [0, 0.1) is 0 Å². The van der Waals surface area contributed by atoms with Crippen molar-refractivity contribution >= 4 is 44.6 Å². The number of carbonyl (C=O) groups is 1. The first kappa shape index (κ1) is 22.2. The predicted octanol–water partition coefficient (Wildman–Crippen LogP) is 4.04. The van der Waals surface area contributed by atoms with Gasteiger partial charge in [0.15, 0.2) is 0 Å². The van der Waals surface area contributed by atoms with E-state index in [2.05, 4.69) is 17.1 Å². The molecule has 0 bridgehead atoms. The topological polar surface area (TPSA) is 69.7 Å². The summed E-state index contributed by atoms with van der Waals surface area (Å²) in [5, 5.41) is 2.76. The van der Waals surface area contributed by atoms with Crippen molar-refractivity contribution in [3.05, 3.63) is 46.3 Å². The maximum absolute atomic E-state index is 12.5. The highest BCUT2D eigenvalue weighted by Gasteiger charge is 2.24. The number of nitrogens with zero attached hydrogens (tertiary/aromatic N) is 2. The van der Waals surface area contributed by atoms with Crippen molar-refractivity contribution in [3.63, 3.8) is 0 Å². The molecular formula is C20H26ClN3O3S2. The van der Waals surface area contributed by atoms with Crippen LogP contribution in [0.4, 0.5) is 5.69 Å². The Bertz CT molecular complexity index is 944. The molecule has 0 spiro atoms. The highest BCUT2D eigenvalue weighted by Crippen LogP contribution is 2.27. The zero-order chi connectivity index (χ0) is 21.0. The molecule has 29 heavy (non-hydrogen) atoms. The average molecular weight is 456 g/mol. The summed E-state index contributed by atoms with van der Waals surface area (Å²) in [6.45, 7) is 4.02. The summed E-state index contributed by atoms with van der Waals surface area (Å²) in [6.07, 6.45) is 3.78.